The van der Waals surface area contributed by atoms with Crippen LogP contribution in [0.5, 0.6) is 0 Å². The molecule has 5 heteroatoms. The van der Waals surface area contributed by atoms with Crippen molar-refractivity contribution in [3.8, 4) is 0 Å². The van der Waals surface area contributed by atoms with Crippen molar-refractivity contribution in [2.75, 3.05) is 16.8 Å². The third-order valence-electron chi connectivity index (χ3n) is 2.22. The first-order valence-electron chi connectivity index (χ1n) is 5.83. The monoisotopic (exact) mass is 267 g/mol. The zero-order valence-corrected chi connectivity index (χ0v) is 10.9. The fourth-order valence-electron chi connectivity index (χ4n) is 1.36. The number of hydrogen-bond acceptors (Lipinski definition) is 3. The Balaban J connectivity index is 2.05. The van der Waals surface area contributed by atoms with Gasteiger partial charge in [0.25, 0.3) is 0 Å². The molecular weight excluding hydrogens is 250 g/mol. The van der Waals surface area contributed by atoms with Gasteiger partial charge < -0.3 is 10.4 Å². The number of unbranched alkanes of at least 4 members (excludes halogenated alkanes) is 1. The Hall–Kier alpha value is -1.49. The van der Waals surface area contributed by atoms with E-state index >= 15 is 0 Å². The highest BCUT2D eigenvalue weighted by atomic mass is 32.2. The normalized spacial score (nSPS) is 10.0. The Labute approximate surface area is 111 Å². The second-order valence-electron chi connectivity index (χ2n) is 3.82. The van der Waals surface area contributed by atoms with Gasteiger partial charge in [-0.3, -0.25) is 9.59 Å². The number of para-hydroxylation sites is 1. The van der Waals surface area contributed by atoms with Crippen LogP contribution in [0.2, 0.25) is 0 Å². The van der Waals surface area contributed by atoms with Gasteiger partial charge in [-0.05, 0) is 30.7 Å². The van der Waals surface area contributed by atoms with E-state index in [0.717, 1.165) is 17.9 Å². The summed E-state index contributed by atoms with van der Waals surface area (Å²) in [5.41, 5.74) is 0.800. The first kappa shape index (κ1) is 14.6. The van der Waals surface area contributed by atoms with Crippen molar-refractivity contribution >= 4 is 29.3 Å². The molecule has 0 unspecified atom stereocenters. The average molecular weight is 267 g/mol. The van der Waals surface area contributed by atoms with Crippen molar-refractivity contribution in [2.24, 2.45) is 0 Å². The fraction of sp³-hybridized carbons (Fsp3) is 0.385. The van der Waals surface area contributed by atoms with Crippen LogP contribution in [-0.4, -0.2) is 28.5 Å². The molecule has 0 spiro atoms. The molecule has 0 saturated carbocycles. The number of thioether (sulfide) groups is 1. The smallest absolute Gasteiger partial charge is 0.303 e. The summed E-state index contributed by atoms with van der Waals surface area (Å²) >= 11 is 1.53. The Morgan fingerprint density at radius 2 is 1.89 bits per heavy atom. The number of carbonyl (C=O) groups is 2. The van der Waals surface area contributed by atoms with E-state index in [1.165, 1.54) is 11.8 Å². The van der Waals surface area contributed by atoms with E-state index in [0.29, 0.717) is 12.2 Å². The van der Waals surface area contributed by atoms with Gasteiger partial charge in [0.1, 0.15) is 0 Å². The highest BCUT2D eigenvalue weighted by Crippen LogP contribution is 2.09. The molecule has 0 bridgehead atoms. The maximum Gasteiger partial charge on any atom is 0.303 e. The van der Waals surface area contributed by atoms with Gasteiger partial charge in [-0.15, -0.1) is 0 Å². The molecule has 0 aliphatic heterocycles. The highest BCUT2D eigenvalue weighted by Gasteiger charge is 2.02. The lowest BCUT2D eigenvalue weighted by Gasteiger charge is -2.04. The van der Waals surface area contributed by atoms with Gasteiger partial charge in [0.05, 0.1) is 5.75 Å². The van der Waals surface area contributed by atoms with Crippen LogP contribution in [0.15, 0.2) is 30.3 Å². The molecule has 0 aliphatic carbocycles. The molecule has 0 aliphatic rings. The van der Waals surface area contributed by atoms with Crippen LogP contribution in [0.1, 0.15) is 19.3 Å². The molecule has 1 rings (SSSR count). The summed E-state index contributed by atoms with van der Waals surface area (Å²) in [6, 6.07) is 9.32. The Morgan fingerprint density at radius 1 is 1.17 bits per heavy atom. The van der Waals surface area contributed by atoms with Crippen molar-refractivity contribution in [1.82, 2.24) is 0 Å². The number of anilines is 1. The van der Waals surface area contributed by atoms with Crippen LogP contribution in [0.25, 0.3) is 0 Å². The molecular formula is C13H17NO3S. The van der Waals surface area contributed by atoms with Crippen LogP contribution in [0.3, 0.4) is 0 Å². The lowest BCUT2D eigenvalue weighted by Crippen LogP contribution is -2.14. The van der Waals surface area contributed by atoms with Gasteiger partial charge in [-0.2, -0.15) is 11.8 Å². The maximum atomic E-state index is 11.5. The van der Waals surface area contributed by atoms with Gasteiger partial charge in [0.15, 0.2) is 0 Å². The van der Waals surface area contributed by atoms with Crippen LogP contribution in [0.4, 0.5) is 5.69 Å². The zero-order chi connectivity index (χ0) is 13.2. The molecule has 2 N–H and O–H groups in total. The summed E-state index contributed by atoms with van der Waals surface area (Å²) in [5, 5.41) is 11.2. The summed E-state index contributed by atoms with van der Waals surface area (Å²) in [6.07, 6.45) is 1.70. The fourth-order valence-corrected chi connectivity index (χ4v) is 2.17. The van der Waals surface area contributed by atoms with Gasteiger partial charge in [0, 0.05) is 12.1 Å². The second kappa shape index (κ2) is 8.58. The van der Waals surface area contributed by atoms with Gasteiger partial charge in [-0.25, -0.2) is 0 Å². The van der Waals surface area contributed by atoms with E-state index in [4.69, 9.17) is 5.11 Å². The standard InChI is InChI=1S/C13H17NO3S/c15-12(14-11-6-2-1-3-7-11)10-18-9-5-4-8-13(16)17/h1-3,6-7H,4-5,8-10H2,(H,14,15)(H,16,17). The number of nitrogens with one attached hydrogen (secondary N) is 1. The van der Waals surface area contributed by atoms with E-state index < -0.39 is 5.97 Å². The number of carboxylic acids is 1. The minimum atomic E-state index is -0.762. The molecule has 0 heterocycles. The van der Waals surface area contributed by atoms with E-state index in [1.807, 2.05) is 30.3 Å². The topological polar surface area (TPSA) is 66.4 Å². The van der Waals surface area contributed by atoms with Crippen molar-refractivity contribution in [3.63, 3.8) is 0 Å². The van der Waals surface area contributed by atoms with Crippen LogP contribution >= 0.6 is 11.8 Å². The molecule has 0 aromatic heterocycles. The number of benzene rings is 1. The molecule has 0 radical (unpaired) electrons. The van der Waals surface area contributed by atoms with E-state index in [2.05, 4.69) is 5.32 Å². The van der Waals surface area contributed by atoms with Crippen molar-refractivity contribution in [1.29, 1.82) is 0 Å². The number of carbonyl (C=O) groups excluding carboxylic acids is 1. The van der Waals surface area contributed by atoms with Gasteiger partial charge in [0.2, 0.25) is 5.91 Å². The summed E-state index contributed by atoms with van der Waals surface area (Å²) in [6.45, 7) is 0. The minimum absolute atomic E-state index is 0.0237. The SMILES string of the molecule is O=C(O)CCCCSCC(=O)Nc1ccccc1. The molecule has 0 saturated heterocycles. The Morgan fingerprint density at radius 3 is 2.56 bits per heavy atom. The minimum Gasteiger partial charge on any atom is -0.481 e. The van der Waals surface area contributed by atoms with Crippen LogP contribution < -0.4 is 5.32 Å². The quantitative estimate of drug-likeness (QED) is 0.710. The Bertz CT molecular complexity index is 381. The molecule has 4 nitrogen and oxygen atoms in total. The molecule has 0 atom stereocenters. The molecule has 1 aromatic carbocycles. The van der Waals surface area contributed by atoms with Crippen molar-refractivity contribution in [3.05, 3.63) is 30.3 Å². The first-order valence-corrected chi connectivity index (χ1v) is 6.98. The number of amides is 1. The summed E-state index contributed by atoms with van der Waals surface area (Å²) in [5.74, 6) is 0.434. The molecule has 18 heavy (non-hydrogen) atoms. The van der Waals surface area contributed by atoms with Gasteiger partial charge in [-0.1, -0.05) is 18.2 Å². The van der Waals surface area contributed by atoms with E-state index in [9.17, 15) is 9.59 Å². The third-order valence-corrected chi connectivity index (χ3v) is 3.26. The maximum absolute atomic E-state index is 11.5. The lowest BCUT2D eigenvalue weighted by molar-refractivity contribution is -0.137. The average Bonchev–Trinajstić information content (AvgIpc) is 2.34. The largest absolute Gasteiger partial charge is 0.481 e. The van der Waals surface area contributed by atoms with Crippen molar-refractivity contribution < 1.29 is 14.7 Å². The third kappa shape index (κ3) is 6.96. The van der Waals surface area contributed by atoms with Crippen molar-refractivity contribution in [2.45, 2.75) is 19.3 Å². The van der Waals surface area contributed by atoms with Gasteiger partial charge >= 0.3 is 5.97 Å². The van der Waals surface area contributed by atoms with E-state index in [1.54, 1.807) is 0 Å². The predicted molar refractivity (Wildman–Crippen MR) is 73.9 cm³/mol. The molecule has 1 aromatic rings. The van der Waals surface area contributed by atoms with Crippen LogP contribution in [-0.2, 0) is 9.59 Å². The number of hydrogen-bond donors (Lipinski definition) is 2. The zero-order valence-electron chi connectivity index (χ0n) is 10.1. The summed E-state index contributed by atoms with van der Waals surface area (Å²) < 4.78 is 0. The predicted octanol–water partition coefficient (Wildman–Crippen LogP) is 2.61. The molecule has 0 fully saturated rings. The number of rotatable bonds is 8. The summed E-state index contributed by atoms with van der Waals surface area (Å²) in [7, 11) is 0. The number of aliphatic carboxylic acids is 1. The van der Waals surface area contributed by atoms with Crippen LogP contribution in [0, 0.1) is 0 Å². The van der Waals surface area contributed by atoms with E-state index in [-0.39, 0.29) is 12.3 Å². The number of carboxylic acid groups (broad SMARTS) is 1. The molecule has 1 amide bonds. The second-order valence-corrected chi connectivity index (χ2v) is 4.92. The Kier molecular flexibility index (Phi) is 6.94. The lowest BCUT2D eigenvalue weighted by atomic mass is 10.3. The summed E-state index contributed by atoms with van der Waals surface area (Å²) in [4.78, 5) is 21.8. The molecule has 98 valence electrons. The first-order chi connectivity index (χ1) is 8.68. The highest BCUT2D eigenvalue weighted by molar-refractivity contribution is 7.99.